The number of ether oxygens (including phenoxy) is 1. The first-order valence-corrected chi connectivity index (χ1v) is 10.3. The molecule has 0 aromatic heterocycles. The van der Waals surface area contributed by atoms with Crippen molar-refractivity contribution >= 4 is 17.4 Å². The molecule has 1 aliphatic rings. The molecule has 0 aliphatic carbocycles. The number of aliphatic hydroxyl groups excluding tert-OH is 1. The van der Waals surface area contributed by atoms with Crippen LogP contribution in [0.3, 0.4) is 0 Å². The highest BCUT2D eigenvalue weighted by atomic mass is 19.1. The van der Waals surface area contributed by atoms with Crippen LogP contribution < -0.4 is 4.74 Å². The van der Waals surface area contributed by atoms with Crippen molar-refractivity contribution in [3.8, 4) is 5.75 Å². The molecule has 164 valence electrons. The highest BCUT2D eigenvalue weighted by molar-refractivity contribution is 6.46. The van der Waals surface area contributed by atoms with Crippen molar-refractivity contribution in [2.45, 2.75) is 19.9 Å². The number of aliphatic hydroxyl groups is 1. The van der Waals surface area contributed by atoms with E-state index in [0.29, 0.717) is 24.4 Å². The van der Waals surface area contributed by atoms with Gasteiger partial charge >= 0.3 is 0 Å². The molecule has 1 fully saturated rings. The summed E-state index contributed by atoms with van der Waals surface area (Å²) in [6.45, 7) is 6.63. The number of carbonyl (C=O) groups excluding carboxylic acids is 2. The van der Waals surface area contributed by atoms with Gasteiger partial charge in [0, 0.05) is 18.7 Å². The highest BCUT2D eigenvalue weighted by Crippen LogP contribution is 2.40. The molecule has 3 rings (SSSR count). The van der Waals surface area contributed by atoms with Crippen LogP contribution in [-0.2, 0) is 9.59 Å². The van der Waals surface area contributed by atoms with E-state index in [2.05, 4.69) is 4.90 Å². The third kappa shape index (κ3) is 4.61. The first-order valence-electron chi connectivity index (χ1n) is 10.3. The van der Waals surface area contributed by atoms with Crippen molar-refractivity contribution in [3.63, 3.8) is 0 Å². The molecular formula is C24H27FN2O4. The second-order valence-corrected chi connectivity index (χ2v) is 7.30. The van der Waals surface area contributed by atoms with Crippen LogP contribution in [0.25, 0.3) is 5.76 Å². The van der Waals surface area contributed by atoms with Gasteiger partial charge in [-0.15, -0.1) is 0 Å². The van der Waals surface area contributed by atoms with Crippen LogP contribution >= 0.6 is 0 Å². The Morgan fingerprint density at radius 3 is 2.42 bits per heavy atom. The number of hydrogen-bond donors (Lipinski definition) is 1. The van der Waals surface area contributed by atoms with Crippen LogP contribution in [0, 0.1) is 5.82 Å². The summed E-state index contributed by atoms with van der Waals surface area (Å²) < 4.78 is 18.7. The van der Waals surface area contributed by atoms with Crippen LogP contribution in [0.2, 0.25) is 0 Å². The Balaban J connectivity index is 2.11. The predicted molar refractivity (Wildman–Crippen MR) is 116 cm³/mol. The molecule has 0 bridgehead atoms. The number of ketones is 1. The van der Waals surface area contributed by atoms with E-state index in [-0.39, 0.29) is 16.9 Å². The second-order valence-electron chi connectivity index (χ2n) is 7.30. The Morgan fingerprint density at radius 2 is 1.81 bits per heavy atom. The summed E-state index contributed by atoms with van der Waals surface area (Å²) in [4.78, 5) is 29.6. The summed E-state index contributed by atoms with van der Waals surface area (Å²) >= 11 is 0. The lowest BCUT2D eigenvalue weighted by Crippen LogP contribution is -2.38. The molecule has 0 saturated carbocycles. The van der Waals surface area contributed by atoms with Gasteiger partial charge in [-0.1, -0.05) is 26.0 Å². The minimum atomic E-state index is -0.768. The predicted octanol–water partition coefficient (Wildman–Crippen LogP) is 3.60. The van der Waals surface area contributed by atoms with Gasteiger partial charge in [-0.05, 0) is 55.1 Å². The van der Waals surface area contributed by atoms with Crippen molar-refractivity contribution < 1.29 is 23.8 Å². The lowest BCUT2D eigenvalue weighted by Gasteiger charge is -2.28. The topological polar surface area (TPSA) is 70.1 Å². The number of nitrogens with zero attached hydrogens (tertiary/aromatic N) is 2. The van der Waals surface area contributed by atoms with Crippen molar-refractivity contribution in [2.75, 3.05) is 33.3 Å². The molecule has 7 heteroatoms. The molecule has 0 radical (unpaired) electrons. The molecular weight excluding hydrogens is 399 g/mol. The van der Waals surface area contributed by atoms with Gasteiger partial charge in [-0.25, -0.2) is 4.39 Å². The van der Waals surface area contributed by atoms with Gasteiger partial charge in [0.15, 0.2) is 0 Å². The molecule has 1 aliphatic heterocycles. The summed E-state index contributed by atoms with van der Waals surface area (Å²) in [7, 11) is 1.54. The molecule has 0 spiro atoms. The average molecular weight is 426 g/mol. The van der Waals surface area contributed by atoms with Crippen molar-refractivity contribution in [2.24, 2.45) is 0 Å². The number of halogens is 1. The number of likely N-dealkylation sites (N-methyl/N-ethyl adjacent to an activating group) is 1. The van der Waals surface area contributed by atoms with E-state index >= 15 is 0 Å². The van der Waals surface area contributed by atoms with Gasteiger partial charge < -0.3 is 19.6 Å². The number of rotatable bonds is 8. The van der Waals surface area contributed by atoms with Crippen LogP contribution in [0.4, 0.5) is 4.39 Å². The van der Waals surface area contributed by atoms with Gasteiger partial charge in [-0.3, -0.25) is 9.59 Å². The van der Waals surface area contributed by atoms with E-state index < -0.39 is 23.5 Å². The first-order chi connectivity index (χ1) is 14.9. The maximum Gasteiger partial charge on any atom is 0.295 e. The summed E-state index contributed by atoms with van der Waals surface area (Å²) in [5, 5.41) is 11.0. The fourth-order valence-electron chi connectivity index (χ4n) is 3.82. The van der Waals surface area contributed by atoms with Gasteiger partial charge in [0.25, 0.3) is 11.7 Å². The maximum atomic E-state index is 13.4. The molecule has 6 nitrogen and oxygen atoms in total. The standard InChI is InChI=1S/C24H27FN2O4/c1-4-26(5-2)13-14-27-21(17-7-6-8-19(15-17)31-3)20(23(29)24(27)30)22(28)16-9-11-18(25)12-10-16/h6-12,15,21,28H,4-5,13-14H2,1-3H3/b22-20+/t21-/m1/s1. The number of likely N-dealkylation sites (tertiary alicyclic amines) is 1. The molecule has 2 aromatic carbocycles. The number of amides is 1. The Hall–Kier alpha value is -3.19. The summed E-state index contributed by atoms with van der Waals surface area (Å²) in [6.07, 6.45) is 0. The zero-order valence-corrected chi connectivity index (χ0v) is 18.0. The number of methoxy groups -OCH3 is 1. The maximum absolute atomic E-state index is 13.4. The zero-order chi connectivity index (χ0) is 22.5. The normalized spacial score (nSPS) is 18.1. The zero-order valence-electron chi connectivity index (χ0n) is 18.0. The first kappa shape index (κ1) is 22.5. The van der Waals surface area contributed by atoms with Crippen molar-refractivity contribution in [3.05, 3.63) is 71.0 Å². The fourth-order valence-corrected chi connectivity index (χ4v) is 3.82. The summed E-state index contributed by atoms with van der Waals surface area (Å²) in [6, 6.07) is 11.5. The number of Topliss-reactive ketones (excluding diaryl/α,β-unsaturated/α-hetero) is 1. The molecule has 1 atom stereocenters. The average Bonchev–Trinajstić information content (AvgIpc) is 3.04. The number of hydrogen-bond acceptors (Lipinski definition) is 5. The lowest BCUT2D eigenvalue weighted by molar-refractivity contribution is -0.140. The van der Waals surface area contributed by atoms with Crippen LogP contribution in [0.5, 0.6) is 5.75 Å². The van der Waals surface area contributed by atoms with E-state index in [4.69, 9.17) is 4.74 Å². The Morgan fingerprint density at radius 1 is 1.13 bits per heavy atom. The summed E-state index contributed by atoms with van der Waals surface area (Å²) in [5.41, 5.74) is 0.919. The third-order valence-corrected chi connectivity index (χ3v) is 5.62. The van der Waals surface area contributed by atoms with E-state index in [0.717, 1.165) is 13.1 Å². The minimum Gasteiger partial charge on any atom is -0.507 e. The molecule has 2 aromatic rings. The fraction of sp³-hybridized carbons (Fsp3) is 0.333. The van der Waals surface area contributed by atoms with Crippen LogP contribution in [0.1, 0.15) is 31.0 Å². The van der Waals surface area contributed by atoms with Crippen molar-refractivity contribution in [1.82, 2.24) is 9.80 Å². The van der Waals surface area contributed by atoms with Gasteiger partial charge in [0.05, 0.1) is 18.7 Å². The highest BCUT2D eigenvalue weighted by Gasteiger charge is 2.46. The van der Waals surface area contributed by atoms with Crippen molar-refractivity contribution in [1.29, 1.82) is 0 Å². The quantitative estimate of drug-likeness (QED) is 0.397. The Bertz CT molecular complexity index is 983. The molecule has 31 heavy (non-hydrogen) atoms. The van der Waals surface area contributed by atoms with Gasteiger partial charge in [0.2, 0.25) is 0 Å². The minimum absolute atomic E-state index is 0.00981. The Labute approximate surface area is 181 Å². The monoisotopic (exact) mass is 426 g/mol. The SMILES string of the molecule is CCN(CC)CCN1C(=O)C(=O)/C(=C(/O)c2ccc(F)cc2)[C@H]1c1cccc(OC)c1. The Kier molecular flexibility index (Phi) is 7.07. The molecule has 0 unspecified atom stereocenters. The van der Waals surface area contributed by atoms with E-state index in [1.54, 1.807) is 24.3 Å². The van der Waals surface area contributed by atoms with E-state index in [1.165, 1.54) is 36.3 Å². The molecule has 1 saturated heterocycles. The smallest absolute Gasteiger partial charge is 0.295 e. The number of carbonyl (C=O) groups is 2. The van der Waals surface area contributed by atoms with E-state index in [1.807, 2.05) is 13.8 Å². The summed E-state index contributed by atoms with van der Waals surface area (Å²) in [5.74, 6) is -1.62. The third-order valence-electron chi connectivity index (χ3n) is 5.62. The van der Waals surface area contributed by atoms with E-state index in [9.17, 15) is 19.1 Å². The molecule has 1 N–H and O–H groups in total. The van der Waals surface area contributed by atoms with Gasteiger partial charge in [-0.2, -0.15) is 0 Å². The lowest BCUT2D eigenvalue weighted by atomic mass is 9.95. The molecule has 1 heterocycles. The van der Waals surface area contributed by atoms with Crippen LogP contribution in [-0.4, -0.2) is 59.9 Å². The molecule has 1 amide bonds. The number of benzene rings is 2. The van der Waals surface area contributed by atoms with Gasteiger partial charge in [0.1, 0.15) is 17.3 Å². The largest absolute Gasteiger partial charge is 0.507 e. The van der Waals surface area contributed by atoms with Crippen LogP contribution in [0.15, 0.2) is 54.1 Å². The second kappa shape index (κ2) is 9.75.